The molecule has 0 aromatic heterocycles. The van der Waals surface area contributed by atoms with Gasteiger partial charge in [0.2, 0.25) is 5.90 Å². The van der Waals surface area contributed by atoms with Gasteiger partial charge in [0, 0.05) is 5.56 Å². The molecule has 0 unspecified atom stereocenters. The summed E-state index contributed by atoms with van der Waals surface area (Å²) >= 11 is 0. The van der Waals surface area contributed by atoms with Gasteiger partial charge in [-0.1, -0.05) is 25.6 Å². The molecule has 0 saturated heterocycles. The van der Waals surface area contributed by atoms with Crippen molar-refractivity contribution in [3.8, 4) is 11.8 Å². The predicted octanol–water partition coefficient (Wildman–Crippen LogP) is 3.34. The lowest BCUT2D eigenvalue weighted by atomic mass is 9.99. The number of hydrogen-bond donors (Lipinski definition) is 2. The second-order valence-electron chi connectivity index (χ2n) is 6.89. The highest BCUT2D eigenvalue weighted by Crippen LogP contribution is 2.24. The molecule has 29 heavy (non-hydrogen) atoms. The zero-order chi connectivity index (χ0) is 20.6. The van der Waals surface area contributed by atoms with Gasteiger partial charge in [0.25, 0.3) is 0 Å². The number of nitriles is 1. The van der Waals surface area contributed by atoms with Crippen LogP contribution in [0.15, 0.2) is 48.0 Å². The van der Waals surface area contributed by atoms with Crippen LogP contribution in [0.2, 0.25) is 0 Å². The van der Waals surface area contributed by atoms with Gasteiger partial charge in [-0.05, 0) is 73.3 Å². The number of fused-ring (bicyclic) bond motifs is 1. The summed E-state index contributed by atoms with van der Waals surface area (Å²) in [5, 5.41) is 12.8. The number of nitrogens with one attached hydrogen (secondary N) is 1. The molecule has 6 nitrogen and oxygen atoms in total. The standard InChI is InChI=1S/C23H26N4O2/c1-3-12-28-22-7-6-20(14-21(22)15-24)23(29-25)27-16(2)18-5-4-17-8-10-26-11-9-19(17)13-18/h4-7,13-14,26H,2-3,8-12,25H2,1H3/b27-23-. The molecule has 0 atom stereocenters. The van der Waals surface area contributed by atoms with Crippen molar-refractivity contribution in [1.82, 2.24) is 5.32 Å². The summed E-state index contributed by atoms with van der Waals surface area (Å²) < 4.78 is 5.60. The molecule has 6 heteroatoms. The van der Waals surface area contributed by atoms with E-state index >= 15 is 0 Å². The summed E-state index contributed by atoms with van der Waals surface area (Å²) in [7, 11) is 0. The molecule has 1 heterocycles. The molecule has 0 amide bonds. The largest absolute Gasteiger partial charge is 0.492 e. The fourth-order valence-electron chi connectivity index (χ4n) is 3.29. The first-order valence-electron chi connectivity index (χ1n) is 9.80. The van der Waals surface area contributed by atoms with Crippen molar-refractivity contribution in [1.29, 1.82) is 5.26 Å². The Labute approximate surface area is 171 Å². The molecule has 3 N–H and O–H groups in total. The fourth-order valence-corrected chi connectivity index (χ4v) is 3.29. The van der Waals surface area contributed by atoms with Crippen LogP contribution in [-0.2, 0) is 17.7 Å². The third-order valence-electron chi connectivity index (χ3n) is 4.84. The van der Waals surface area contributed by atoms with Crippen molar-refractivity contribution in [2.24, 2.45) is 10.9 Å². The van der Waals surface area contributed by atoms with Crippen LogP contribution in [0.3, 0.4) is 0 Å². The number of nitrogens with zero attached hydrogens (tertiary/aromatic N) is 2. The Kier molecular flexibility index (Phi) is 7.01. The van der Waals surface area contributed by atoms with E-state index in [9.17, 15) is 5.26 Å². The molecule has 2 aromatic rings. The highest BCUT2D eigenvalue weighted by molar-refractivity contribution is 5.97. The van der Waals surface area contributed by atoms with Crippen molar-refractivity contribution in [3.63, 3.8) is 0 Å². The molecule has 0 saturated carbocycles. The highest BCUT2D eigenvalue weighted by Gasteiger charge is 2.13. The topological polar surface area (TPSA) is 92.7 Å². The smallest absolute Gasteiger partial charge is 0.245 e. The summed E-state index contributed by atoms with van der Waals surface area (Å²) in [5.41, 5.74) is 5.13. The zero-order valence-corrected chi connectivity index (χ0v) is 16.7. The van der Waals surface area contributed by atoms with Crippen LogP contribution < -0.4 is 16.0 Å². The molecule has 0 bridgehead atoms. The van der Waals surface area contributed by atoms with E-state index in [4.69, 9.17) is 15.5 Å². The summed E-state index contributed by atoms with van der Waals surface area (Å²) in [6.07, 6.45) is 2.86. The van der Waals surface area contributed by atoms with Crippen molar-refractivity contribution >= 4 is 11.6 Å². The molecular weight excluding hydrogens is 364 g/mol. The normalized spacial score (nSPS) is 13.8. The average Bonchev–Trinajstić information content (AvgIpc) is 3.00. The number of benzene rings is 2. The minimum Gasteiger partial charge on any atom is -0.492 e. The van der Waals surface area contributed by atoms with Crippen molar-refractivity contribution in [2.45, 2.75) is 26.2 Å². The Hall–Kier alpha value is -3.14. The van der Waals surface area contributed by atoms with E-state index in [-0.39, 0.29) is 5.90 Å². The lowest BCUT2D eigenvalue weighted by Gasteiger charge is -2.11. The molecular formula is C23H26N4O2. The molecule has 150 valence electrons. The Balaban J connectivity index is 1.87. The van der Waals surface area contributed by atoms with Crippen LogP contribution >= 0.6 is 0 Å². The summed E-state index contributed by atoms with van der Waals surface area (Å²) in [4.78, 5) is 9.49. The maximum absolute atomic E-state index is 9.43. The first kappa shape index (κ1) is 20.6. The van der Waals surface area contributed by atoms with Crippen LogP contribution in [0.1, 0.15) is 41.2 Å². The molecule has 0 radical (unpaired) electrons. The number of rotatable bonds is 6. The predicted molar refractivity (Wildman–Crippen MR) is 115 cm³/mol. The maximum atomic E-state index is 9.43. The molecule has 0 aliphatic carbocycles. The lowest BCUT2D eigenvalue weighted by Crippen LogP contribution is -2.16. The van der Waals surface area contributed by atoms with Crippen LogP contribution in [0.5, 0.6) is 5.75 Å². The first-order valence-corrected chi connectivity index (χ1v) is 9.80. The molecule has 0 fully saturated rings. The number of aliphatic imine (C=N–C) groups is 1. The van der Waals surface area contributed by atoms with Gasteiger partial charge in [-0.2, -0.15) is 11.2 Å². The van der Waals surface area contributed by atoms with E-state index in [1.807, 2.05) is 13.0 Å². The number of nitrogens with two attached hydrogens (primary N) is 1. The van der Waals surface area contributed by atoms with Gasteiger partial charge in [0.15, 0.2) is 0 Å². The van der Waals surface area contributed by atoms with Gasteiger partial charge in [-0.15, -0.1) is 0 Å². The van der Waals surface area contributed by atoms with Gasteiger partial charge >= 0.3 is 0 Å². The Morgan fingerprint density at radius 2 is 1.93 bits per heavy atom. The third kappa shape index (κ3) is 5.02. The maximum Gasteiger partial charge on any atom is 0.245 e. The highest BCUT2D eigenvalue weighted by atomic mass is 16.6. The number of ether oxygens (including phenoxy) is 1. The molecule has 3 rings (SSSR count). The quantitative estimate of drug-likeness (QED) is 0.448. The van der Waals surface area contributed by atoms with Crippen LogP contribution in [0.4, 0.5) is 0 Å². The second kappa shape index (κ2) is 9.87. The minimum atomic E-state index is 0.199. The average molecular weight is 390 g/mol. The van der Waals surface area contributed by atoms with E-state index < -0.39 is 0 Å². The number of hydrogen-bond acceptors (Lipinski definition) is 6. The van der Waals surface area contributed by atoms with Gasteiger partial charge < -0.3 is 14.9 Å². The Morgan fingerprint density at radius 3 is 2.66 bits per heavy atom. The summed E-state index contributed by atoms with van der Waals surface area (Å²) in [6.45, 7) is 8.60. The monoisotopic (exact) mass is 390 g/mol. The first-order chi connectivity index (χ1) is 14.2. The summed E-state index contributed by atoms with van der Waals surface area (Å²) in [5.74, 6) is 6.21. The van der Waals surface area contributed by atoms with E-state index in [1.54, 1.807) is 18.2 Å². The van der Waals surface area contributed by atoms with Gasteiger partial charge in [-0.3, -0.25) is 0 Å². The fraction of sp³-hybridized carbons (Fsp3) is 0.304. The molecule has 0 spiro atoms. The molecule has 1 aliphatic rings. The van der Waals surface area contributed by atoms with E-state index in [2.05, 4.69) is 35.1 Å². The van der Waals surface area contributed by atoms with E-state index in [1.165, 1.54) is 11.1 Å². The van der Waals surface area contributed by atoms with Crippen LogP contribution in [0, 0.1) is 11.3 Å². The second-order valence-corrected chi connectivity index (χ2v) is 6.89. The van der Waals surface area contributed by atoms with Gasteiger partial charge in [-0.25, -0.2) is 4.99 Å². The summed E-state index contributed by atoms with van der Waals surface area (Å²) in [6, 6.07) is 13.6. The lowest BCUT2D eigenvalue weighted by molar-refractivity contribution is 0.315. The van der Waals surface area contributed by atoms with Crippen molar-refractivity contribution in [3.05, 3.63) is 70.8 Å². The van der Waals surface area contributed by atoms with E-state index in [0.717, 1.165) is 37.9 Å². The minimum absolute atomic E-state index is 0.199. The SMILES string of the molecule is C=C(/N=C(\ON)c1ccc(OCCC)c(C#N)c1)c1ccc2c(c1)CCNCC2. The zero-order valence-electron chi connectivity index (χ0n) is 16.7. The molecule has 1 aliphatic heterocycles. The van der Waals surface area contributed by atoms with Gasteiger partial charge in [0.1, 0.15) is 11.8 Å². The van der Waals surface area contributed by atoms with Crippen LogP contribution in [-0.4, -0.2) is 25.6 Å². The van der Waals surface area contributed by atoms with Crippen LogP contribution in [0.25, 0.3) is 5.70 Å². The van der Waals surface area contributed by atoms with Gasteiger partial charge in [0.05, 0.1) is 17.9 Å². The third-order valence-corrected chi connectivity index (χ3v) is 4.84. The van der Waals surface area contributed by atoms with E-state index in [0.29, 0.717) is 29.2 Å². The molecule has 2 aromatic carbocycles. The van der Waals surface area contributed by atoms with Crippen molar-refractivity contribution in [2.75, 3.05) is 19.7 Å². The van der Waals surface area contributed by atoms with Crippen molar-refractivity contribution < 1.29 is 9.57 Å². The Morgan fingerprint density at radius 1 is 1.17 bits per heavy atom. The Bertz CT molecular complexity index is 960.